The lowest BCUT2D eigenvalue weighted by Gasteiger charge is -2.20. The van der Waals surface area contributed by atoms with Crippen LogP contribution in [0.1, 0.15) is 53.4 Å². The van der Waals surface area contributed by atoms with E-state index in [9.17, 15) is 4.79 Å². The van der Waals surface area contributed by atoms with Crippen LogP contribution in [0.2, 0.25) is 0 Å². The standard InChI is InChI=1S/C17H30N6O2/c1-5-6-11-25-14-12-13(20-15(18)22-14)21-16(24)23(12)10-8-7-9-19-17(2,3)4/h19H,5-11H2,1-4H3,(H3,18,20,21,22,24). The van der Waals surface area contributed by atoms with E-state index in [1.54, 1.807) is 4.57 Å². The highest BCUT2D eigenvalue weighted by Gasteiger charge is 2.16. The normalized spacial score (nSPS) is 12.0. The summed E-state index contributed by atoms with van der Waals surface area (Å²) in [5, 5.41) is 3.45. The SMILES string of the molecule is CCCCOc1nc(N)nc2[nH]c(=O)n(CCCCNC(C)(C)C)c12. The lowest BCUT2D eigenvalue weighted by molar-refractivity contribution is 0.300. The van der Waals surface area contributed by atoms with Crippen molar-refractivity contribution in [1.82, 2.24) is 24.8 Å². The van der Waals surface area contributed by atoms with E-state index in [1.807, 2.05) is 0 Å². The molecule has 4 N–H and O–H groups in total. The Labute approximate surface area is 148 Å². The van der Waals surface area contributed by atoms with Crippen LogP contribution < -0.4 is 21.5 Å². The first-order valence-electron chi connectivity index (χ1n) is 8.95. The maximum absolute atomic E-state index is 12.3. The Balaban J connectivity index is 2.13. The molecule has 0 spiro atoms. The summed E-state index contributed by atoms with van der Waals surface area (Å²) in [6.45, 7) is 10.5. The van der Waals surface area contributed by atoms with Gasteiger partial charge in [-0.05, 0) is 46.6 Å². The minimum atomic E-state index is -0.209. The average molecular weight is 350 g/mol. The van der Waals surface area contributed by atoms with Gasteiger partial charge in [0.15, 0.2) is 11.2 Å². The fourth-order valence-corrected chi connectivity index (χ4v) is 2.54. The van der Waals surface area contributed by atoms with Gasteiger partial charge in [0.25, 0.3) is 0 Å². The number of nitrogens with two attached hydrogens (primary N) is 1. The number of hydrogen-bond acceptors (Lipinski definition) is 6. The Hall–Kier alpha value is -2.09. The minimum Gasteiger partial charge on any atom is -0.476 e. The first kappa shape index (κ1) is 19.2. The Morgan fingerprint density at radius 2 is 2.00 bits per heavy atom. The van der Waals surface area contributed by atoms with Crippen LogP contribution in [0.3, 0.4) is 0 Å². The lowest BCUT2D eigenvalue weighted by atomic mass is 10.1. The number of nitrogen functional groups attached to an aromatic ring is 1. The van der Waals surface area contributed by atoms with Crippen molar-refractivity contribution in [2.45, 2.75) is 65.5 Å². The van der Waals surface area contributed by atoms with Crippen LogP contribution >= 0.6 is 0 Å². The highest BCUT2D eigenvalue weighted by atomic mass is 16.5. The molecule has 25 heavy (non-hydrogen) atoms. The Bertz CT molecular complexity index is 744. The molecule has 0 aliphatic carbocycles. The molecule has 0 saturated carbocycles. The number of hydrogen-bond donors (Lipinski definition) is 3. The summed E-state index contributed by atoms with van der Waals surface area (Å²) in [4.78, 5) is 23.3. The van der Waals surface area contributed by atoms with Crippen molar-refractivity contribution in [3.63, 3.8) is 0 Å². The molecule has 0 aliphatic heterocycles. The number of aromatic amines is 1. The van der Waals surface area contributed by atoms with E-state index < -0.39 is 0 Å². The van der Waals surface area contributed by atoms with Crippen molar-refractivity contribution in [2.75, 3.05) is 18.9 Å². The number of H-pyrrole nitrogens is 1. The molecule has 0 aliphatic rings. The van der Waals surface area contributed by atoms with Gasteiger partial charge in [0, 0.05) is 12.1 Å². The number of aryl methyl sites for hydroxylation is 1. The predicted octanol–water partition coefficient (Wildman–Crippen LogP) is 2.05. The van der Waals surface area contributed by atoms with E-state index in [1.165, 1.54) is 0 Å². The predicted molar refractivity (Wildman–Crippen MR) is 100.0 cm³/mol. The van der Waals surface area contributed by atoms with Gasteiger partial charge >= 0.3 is 5.69 Å². The number of nitrogens with zero attached hydrogens (tertiary/aromatic N) is 3. The van der Waals surface area contributed by atoms with Gasteiger partial charge in [0.1, 0.15) is 0 Å². The average Bonchev–Trinajstić information content (AvgIpc) is 2.81. The third kappa shape index (κ3) is 5.45. The van der Waals surface area contributed by atoms with Crippen LogP contribution in [0.25, 0.3) is 11.2 Å². The highest BCUT2D eigenvalue weighted by molar-refractivity contribution is 5.77. The minimum absolute atomic E-state index is 0.0989. The molecule has 2 aromatic heterocycles. The van der Waals surface area contributed by atoms with E-state index in [4.69, 9.17) is 10.5 Å². The van der Waals surface area contributed by atoms with Crippen molar-refractivity contribution in [2.24, 2.45) is 0 Å². The smallest absolute Gasteiger partial charge is 0.327 e. The van der Waals surface area contributed by atoms with Crippen LogP contribution in [0.5, 0.6) is 5.88 Å². The summed E-state index contributed by atoms with van der Waals surface area (Å²) < 4.78 is 7.39. The zero-order valence-electron chi connectivity index (χ0n) is 15.7. The second-order valence-corrected chi connectivity index (χ2v) is 7.25. The van der Waals surface area contributed by atoms with Crippen LogP contribution in [0.4, 0.5) is 5.95 Å². The molecule has 8 heteroatoms. The number of ether oxygens (including phenoxy) is 1. The summed E-state index contributed by atoms with van der Waals surface area (Å²) in [6.07, 6.45) is 3.77. The molecule has 0 unspecified atom stereocenters. The van der Waals surface area contributed by atoms with Gasteiger partial charge in [0.05, 0.1) is 6.61 Å². The second-order valence-electron chi connectivity index (χ2n) is 7.25. The molecule has 2 heterocycles. The molecule has 140 valence electrons. The van der Waals surface area contributed by atoms with Crippen LogP contribution in [-0.4, -0.2) is 38.2 Å². The van der Waals surface area contributed by atoms with E-state index >= 15 is 0 Å². The van der Waals surface area contributed by atoms with Crippen LogP contribution in [-0.2, 0) is 6.54 Å². The topological polar surface area (TPSA) is 111 Å². The number of nitrogens with one attached hydrogen (secondary N) is 2. The van der Waals surface area contributed by atoms with E-state index in [0.29, 0.717) is 30.2 Å². The van der Waals surface area contributed by atoms with Gasteiger partial charge in [-0.25, -0.2) is 4.79 Å². The van der Waals surface area contributed by atoms with E-state index in [0.717, 1.165) is 32.2 Å². The van der Waals surface area contributed by atoms with E-state index in [2.05, 4.69) is 48.0 Å². The second kappa shape index (κ2) is 8.33. The van der Waals surface area contributed by atoms with Crippen molar-refractivity contribution in [1.29, 1.82) is 0 Å². The molecule has 0 saturated heterocycles. The summed E-state index contributed by atoms with van der Waals surface area (Å²) in [6, 6.07) is 0. The molecule has 0 radical (unpaired) electrons. The molecule has 0 amide bonds. The molecular formula is C17H30N6O2. The Kier molecular flexibility index (Phi) is 6.41. The molecule has 0 bridgehead atoms. The fourth-order valence-electron chi connectivity index (χ4n) is 2.54. The number of aromatic nitrogens is 4. The summed E-state index contributed by atoms with van der Waals surface area (Å²) >= 11 is 0. The third-order valence-electron chi connectivity index (χ3n) is 3.81. The zero-order valence-corrected chi connectivity index (χ0v) is 15.7. The maximum atomic E-state index is 12.3. The lowest BCUT2D eigenvalue weighted by Crippen LogP contribution is -2.36. The zero-order chi connectivity index (χ0) is 18.4. The van der Waals surface area contributed by atoms with Gasteiger partial charge in [0.2, 0.25) is 11.8 Å². The summed E-state index contributed by atoms with van der Waals surface area (Å²) in [7, 11) is 0. The first-order valence-corrected chi connectivity index (χ1v) is 8.95. The molecule has 0 aromatic carbocycles. The van der Waals surface area contributed by atoms with Gasteiger partial charge in [-0.3, -0.25) is 9.55 Å². The van der Waals surface area contributed by atoms with Gasteiger partial charge < -0.3 is 15.8 Å². The third-order valence-corrected chi connectivity index (χ3v) is 3.81. The summed E-state index contributed by atoms with van der Waals surface area (Å²) in [5.41, 5.74) is 6.64. The summed E-state index contributed by atoms with van der Waals surface area (Å²) in [5.74, 6) is 0.476. The van der Waals surface area contributed by atoms with Crippen molar-refractivity contribution in [3.05, 3.63) is 10.5 Å². The maximum Gasteiger partial charge on any atom is 0.327 e. The van der Waals surface area contributed by atoms with Crippen molar-refractivity contribution < 1.29 is 4.74 Å². The van der Waals surface area contributed by atoms with Gasteiger partial charge in [-0.1, -0.05) is 13.3 Å². The number of anilines is 1. The molecule has 2 aromatic rings. The number of unbranched alkanes of at least 4 members (excludes halogenated alkanes) is 2. The highest BCUT2D eigenvalue weighted by Crippen LogP contribution is 2.21. The monoisotopic (exact) mass is 350 g/mol. The van der Waals surface area contributed by atoms with Gasteiger partial charge in [-0.2, -0.15) is 9.97 Å². The quantitative estimate of drug-likeness (QED) is 0.597. The van der Waals surface area contributed by atoms with Crippen molar-refractivity contribution >= 4 is 17.1 Å². The largest absolute Gasteiger partial charge is 0.476 e. The van der Waals surface area contributed by atoms with E-state index in [-0.39, 0.29) is 17.2 Å². The van der Waals surface area contributed by atoms with Gasteiger partial charge in [-0.15, -0.1) is 0 Å². The number of rotatable bonds is 9. The molecule has 8 nitrogen and oxygen atoms in total. The Morgan fingerprint density at radius 1 is 1.24 bits per heavy atom. The first-order chi connectivity index (χ1) is 11.8. The fraction of sp³-hybridized carbons (Fsp3) is 0.706. The number of imidazole rings is 1. The number of fused-ring (bicyclic) bond motifs is 1. The molecular weight excluding hydrogens is 320 g/mol. The van der Waals surface area contributed by atoms with Crippen LogP contribution in [0.15, 0.2) is 4.79 Å². The molecule has 0 fully saturated rings. The van der Waals surface area contributed by atoms with Crippen molar-refractivity contribution in [3.8, 4) is 5.88 Å². The van der Waals surface area contributed by atoms with Crippen LogP contribution in [0, 0.1) is 0 Å². The Morgan fingerprint density at radius 3 is 2.68 bits per heavy atom. The molecule has 2 rings (SSSR count). The molecule has 0 atom stereocenters.